The second-order valence-electron chi connectivity index (χ2n) is 8.85. The van der Waals surface area contributed by atoms with Gasteiger partial charge in [-0.15, -0.1) is 0 Å². The van der Waals surface area contributed by atoms with E-state index >= 15 is 0 Å². The summed E-state index contributed by atoms with van der Waals surface area (Å²) < 4.78 is 70.1. The van der Waals surface area contributed by atoms with Crippen LogP contribution in [0.2, 0.25) is 5.02 Å². The molecule has 37 heavy (non-hydrogen) atoms. The molecule has 0 radical (unpaired) electrons. The van der Waals surface area contributed by atoms with Crippen LogP contribution in [0.5, 0.6) is 11.5 Å². The molecule has 1 saturated heterocycles. The molecule has 1 aliphatic heterocycles. The highest BCUT2D eigenvalue weighted by molar-refractivity contribution is 7.91. The van der Waals surface area contributed by atoms with Gasteiger partial charge in [0, 0.05) is 22.4 Å². The van der Waals surface area contributed by atoms with E-state index in [4.69, 9.17) is 16.3 Å². The van der Waals surface area contributed by atoms with Crippen LogP contribution in [0, 0.1) is 5.92 Å². The number of carbonyl (C=O) groups is 1. The third-order valence-corrected chi connectivity index (χ3v) is 8.38. The average molecular weight is 552 g/mol. The Labute approximate surface area is 218 Å². The Morgan fingerprint density at radius 3 is 2.22 bits per heavy atom. The lowest BCUT2D eigenvalue weighted by Crippen LogP contribution is -2.30. The number of nitrogens with zero attached hydrogens (tertiary/aromatic N) is 1. The Hall–Kier alpha value is -3.04. The van der Waals surface area contributed by atoms with Gasteiger partial charge in [-0.25, -0.2) is 8.42 Å². The zero-order valence-corrected chi connectivity index (χ0v) is 21.5. The Balaban J connectivity index is 1.64. The van der Waals surface area contributed by atoms with Crippen LogP contribution < -0.4 is 9.64 Å². The summed E-state index contributed by atoms with van der Waals surface area (Å²) in [5.41, 5.74) is 0.0170. The largest absolute Gasteiger partial charge is 0.457 e. The summed E-state index contributed by atoms with van der Waals surface area (Å²) in [6.07, 6.45) is -4.21. The van der Waals surface area contributed by atoms with Crippen molar-refractivity contribution in [1.29, 1.82) is 0 Å². The van der Waals surface area contributed by atoms with Crippen LogP contribution in [-0.4, -0.2) is 25.8 Å². The Bertz CT molecular complexity index is 1360. The van der Waals surface area contributed by atoms with E-state index in [1.165, 1.54) is 17.9 Å². The first-order valence-electron chi connectivity index (χ1n) is 11.7. The molecule has 1 fully saturated rings. The van der Waals surface area contributed by atoms with E-state index in [1.54, 1.807) is 54.6 Å². The van der Waals surface area contributed by atoms with Crippen LogP contribution >= 0.6 is 11.6 Å². The number of ether oxygens (including phenoxy) is 1. The second kappa shape index (κ2) is 10.8. The highest BCUT2D eigenvalue weighted by atomic mass is 35.5. The molecule has 10 heteroatoms. The van der Waals surface area contributed by atoms with Gasteiger partial charge in [0.25, 0.3) is 0 Å². The predicted molar refractivity (Wildman–Crippen MR) is 137 cm³/mol. The number of halogens is 4. The maximum atomic E-state index is 13.4. The highest BCUT2D eigenvalue weighted by Gasteiger charge is 2.42. The van der Waals surface area contributed by atoms with Gasteiger partial charge in [-0.2, -0.15) is 13.2 Å². The zero-order chi connectivity index (χ0) is 26.8. The fraction of sp³-hybridized carbons (Fsp3) is 0.296. The standard InChI is InChI=1S/C27H25ClF3NO4S/c1-2-37(34,35)15-14-19-17-25(18-4-3-5-20(16-18)27(29,30)31)32(26(19)33)22-8-12-24(13-9-22)36-23-10-6-21(28)7-11-23/h3-13,16,19,25H,2,14-15,17H2,1H3/t19-,25-/m1/s1. The molecular formula is C27H25ClF3NO4S. The molecule has 1 heterocycles. The molecular weight excluding hydrogens is 527 g/mol. The summed E-state index contributed by atoms with van der Waals surface area (Å²) in [7, 11) is -3.30. The van der Waals surface area contributed by atoms with E-state index in [9.17, 15) is 26.4 Å². The van der Waals surface area contributed by atoms with Crippen molar-refractivity contribution < 1.29 is 31.1 Å². The monoisotopic (exact) mass is 551 g/mol. The lowest BCUT2D eigenvalue weighted by Gasteiger charge is -2.26. The summed E-state index contributed by atoms with van der Waals surface area (Å²) in [5.74, 6) is -0.0842. The van der Waals surface area contributed by atoms with Crippen molar-refractivity contribution in [1.82, 2.24) is 0 Å². The maximum Gasteiger partial charge on any atom is 0.416 e. The van der Waals surface area contributed by atoms with Gasteiger partial charge in [0.1, 0.15) is 21.3 Å². The molecule has 0 spiro atoms. The minimum Gasteiger partial charge on any atom is -0.457 e. The van der Waals surface area contributed by atoms with Crippen LogP contribution in [-0.2, 0) is 20.8 Å². The van der Waals surface area contributed by atoms with Crippen molar-refractivity contribution in [2.24, 2.45) is 5.92 Å². The van der Waals surface area contributed by atoms with Gasteiger partial charge >= 0.3 is 6.18 Å². The topological polar surface area (TPSA) is 63.7 Å². The van der Waals surface area contributed by atoms with Crippen LogP contribution in [0.4, 0.5) is 18.9 Å². The van der Waals surface area contributed by atoms with Crippen LogP contribution in [0.3, 0.4) is 0 Å². The van der Waals surface area contributed by atoms with Gasteiger partial charge in [-0.3, -0.25) is 4.79 Å². The fourth-order valence-corrected chi connectivity index (χ4v) is 5.42. The van der Waals surface area contributed by atoms with Gasteiger partial charge in [0.2, 0.25) is 5.91 Å². The predicted octanol–water partition coefficient (Wildman–Crippen LogP) is 7.07. The quantitative estimate of drug-likeness (QED) is 0.300. The SMILES string of the molecule is CCS(=O)(=O)CC[C@@H]1C[C@H](c2cccc(C(F)(F)F)c2)N(c2ccc(Oc3ccc(Cl)cc3)cc2)C1=O. The minimum atomic E-state index is -4.53. The van der Waals surface area contributed by atoms with E-state index in [-0.39, 0.29) is 30.3 Å². The third-order valence-electron chi connectivity index (χ3n) is 6.39. The third kappa shape index (κ3) is 6.45. The van der Waals surface area contributed by atoms with E-state index in [0.29, 0.717) is 27.8 Å². The molecule has 4 rings (SSSR count). The van der Waals surface area contributed by atoms with E-state index in [0.717, 1.165) is 12.1 Å². The molecule has 3 aromatic rings. The van der Waals surface area contributed by atoms with Crippen molar-refractivity contribution in [3.63, 3.8) is 0 Å². The molecule has 3 aromatic carbocycles. The number of amides is 1. The molecule has 5 nitrogen and oxygen atoms in total. The first kappa shape index (κ1) is 27.0. The maximum absolute atomic E-state index is 13.4. The van der Waals surface area contributed by atoms with E-state index < -0.39 is 33.5 Å². The fourth-order valence-electron chi connectivity index (χ4n) is 4.36. The molecule has 1 aliphatic rings. The summed E-state index contributed by atoms with van der Waals surface area (Å²) in [6, 6.07) is 17.7. The molecule has 0 saturated carbocycles. The zero-order valence-electron chi connectivity index (χ0n) is 19.9. The first-order chi connectivity index (χ1) is 17.5. The molecule has 2 atom stereocenters. The lowest BCUT2D eigenvalue weighted by molar-refractivity contribution is -0.137. The number of hydrogen-bond donors (Lipinski definition) is 0. The molecule has 0 unspecified atom stereocenters. The second-order valence-corrected chi connectivity index (χ2v) is 11.8. The van der Waals surface area contributed by atoms with E-state index in [1.807, 2.05) is 0 Å². The van der Waals surface area contributed by atoms with Gasteiger partial charge in [0.15, 0.2) is 0 Å². The van der Waals surface area contributed by atoms with Crippen molar-refractivity contribution >= 4 is 33.0 Å². The smallest absolute Gasteiger partial charge is 0.416 e. The summed E-state index contributed by atoms with van der Waals surface area (Å²) in [4.78, 5) is 14.9. The Morgan fingerprint density at radius 1 is 1.00 bits per heavy atom. The van der Waals surface area contributed by atoms with Crippen molar-refractivity contribution in [3.8, 4) is 11.5 Å². The summed E-state index contributed by atoms with van der Waals surface area (Å²) >= 11 is 5.90. The number of anilines is 1. The Morgan fingerprint density at radius 2 is 1.62 bits per heavy atom. The molecule has 0 aliphatic carbocycles. The molecule has 0 aromatic heterocycles. The minimum absolute atomic E-state index is 0.0379. The van der Waals surface area contributed by atoms with Crippen molar-refractivity contribution in [2.75, 3.05) is 16.4 Å². The number of carbonyl (C=O) groups excluding carboxylic acids is 1. The van der Waals surface area contributed by atoms with Crippen LogP contribution in [0.15, 0.2) is 72.8 Å². The molecule has 196 valence electrons. The number of benzene rings is 3. The van der Waals surface area contributed by atoms with Crippen molar-refractivity contribution in [2.45, 2.75) is 32.0 Å². The van der Waals surface area contributed by atoms with Crippen molar-refractivity contribution in [3.05, 3.63) is 88.9 Å². The number of alkyl halides is 3. The van der Waals surface area contributed by atoms with Gasteiger partial charge in [-0.1, -0.05) is 30.7 Å². The molecule has 0 N–H and O–H groups in total. The number of hydrogen-bond acceptors (Lipinski definition) is 4. The highest BCUT2D eigenvalue weighted by Crippen LogP contribution is 2.43. The first-order valence-corrected chi connectivity index (χ1v) is 13.9. The van der Waals surface area contributed by atoms with Gasteiger partial charge < -0.3 is 9.64 Å². The lowest BCUT2D eigenvalue weighted by atomic mass is 9.96. The summed E-state index contributed by atoms with van der Waals surface area (Å²) in [6.45, 7) is 1.54. The molecule has 0 bridgehead atoms. The van der Waals surface area contributed by atoms with E-state index in [2.05, 4.69) is 0 Å². The number of rotatable bonds is 8. The Kier molecular flexibility index (Phi) is 7.85. The normalized spacial score (nSPS) is 18.3. The summed E-state index contributed by atoms with van der Waals surface area (Å²) in [5, 5.41) is 0.567. The van der Waals surface area contributed by atoms with Gasteiger partial charge in [-0.05, 0) is 79.1 Å². The molecule has 1 amide bonds. The van der Waals surface area contributed by atoms with Gasteiger partial charge in [0.05, 0.1) is 17.4 Å². The average Bonchev–Trinajstić information content (AvgIpc) is 3.20. The number of sulfone groups is 1. The van der Waals surface area contributed by atoms with Crippen LogP contribution in [0.1, 0.15) is 36.9 Å². The van der Waals surface area contributed by atoms with Crippen LogP contribution in [0.25, 0.3) is 0 Å².